The average Bonchev–Trinajstić information content (AvgIpc) is 4.34. The number of rotatable bonds is 0. The van der Waals surface area contributed by atoms with Crippen molar-refractivity contribution in [2.24, 2.45) is 0 Å². The lowest BCUT2D eigenvalue weighted by Gasteiger charge is -2.24. The second-order valence-electron chi connectivity index (χ2n) is 23.9. The highest BCUT2D eigenvalue weighted by atomic mass is 14.9. The van der Waals surface area contributed by atoms with Crippen LogP contribution in [0.25, 0.3) is 165 Å². The molecule has 0 unspecified atom stereocenters. The Balaban J connectivity index is 1.11. The number of hydrogen-bond acceptors (Lipinski definition) is 0. The van der Waals surface area contributed by atoms with Gasteiger partial charge in [0.1, 0.15) is 0 Å². The highest BCUT2D eigenvalue weighted by molar-refractivity contribution is 6.40. The summed E-state index contributed by atoms with van der Waals surface area (Å²) in [5, 5.41) is 10.5. The highest BCUT2D eigenvalue weighted by Crippen LogP contribution is 2.57. The molecule has 11 aromatic carbocycles. The molecule has 0 spiro atoms. The van der Waals surface area contributed by atoms with Gasteiger partial charge in [-0.1, -0.05) is 199 Å². The molecule has 0 radical (unpaired) electrons. The van der Waals surface area contributed by atoms with Gasteiger partial charge < -0.3 is 8.80 Å². The second kappa shape index (κ2) is 14.4. The van der Waals surface area contributed by atoms with E-state index in [0.29, 0.717) is 0 Å². The first-order chi connectivity index (χ1) is 37.0. The minimum Gasteiger partial charge on any atom is -0.308 e. The van der Waals surface area contributed by atoms with Gasteiger partial charge in [-0.05, 0) is 154 Å². The lowest BCUT2D eigenvalue weighted by atomic mass is 9.78. The Morgan fingerprint density at radius 2 is 0.592 bits per heavy atom. The van der Waals surface area contributed by atoms with E-state index in [0.717, 1.165) is 0 Å². The van der Waals surface area contributed by atoms with Crippen molar-refractivity contribution in [1.82, 2.24) is 8.80 Å². The van der Waals surface area contributed by atoms with Gasteiger partial charge in [-0.15, -0.1) is 0 Å². The third-order valence-corrected chi connectivity index (χ3v) is 17.8. The predicted octanol–water partition coefficient (Wildman–Crippen LogP) is 20.5. The van der Waals surface area contributed by atoms with Gasteiger partial charge >= 0.3 is 0 Å². The van der Waals surface area contributed by atoms with E-state index in [1.165, 1.54) is 176 Å². The third-order valence-electron chi connectivity index (χ3n) is 17.8. The maximum absolute atomic E-state index is 2.67. The van der Waals surface area contributed by atoms with Crippen LogP contribution in [0.4, 0.5) is 0 Å². The molecule has 2 nitrogen and oxygen atoms in total. The maximum Gasteiger partial charge on any atom is 0.0628 e. The first-order valence-corrected chi connectivity index (χ1v) is 27.1. The molecule has 2 aliphatic carbocycles. The quantitative estimate of drug-likeness (QED) is 0.143. The molecule has 4 heterocycles. The number of hydrogen-bond donors (Lipinski definition) is 0. The van der Waals surface area contributed by atoms with E-state index < -0.39 is 0 Å². The largest absolute Gasteiger partial charge is 0.308 e. The van der Waals surface area contributed by atoms with Gasteiger partial charge in [0.2, 0.25) is 0 Å². The molecule has 0 aliphatic heterocycles. The Bertz CT molecular complexity index is 5060. The van der Waals surface area contributed by atoms with E-state index in [-0.39, 0.29) is 10.8 Å². The number of fused-ring (bicyclic) bond motifs is 30. The van der Waals surface area contributed by atoms with Crippen LogP contribution in [-0.2, 0) is 10.8 Å². The van der Waals surface area contributed by atoms with Crippen molar-refractivity contribution in [3.8, 4) is 89.0 Å². The molecule has 0 atom stereocenters. The van der Waals surface area contributed by atoms with E-state index in [9.17, 15) is 0 Å². The Morgan fingerprint density at radius 3 is 1.05 bits per heavy atom. The standard InChI is InChI=1S/C74H52N2/c1-73(2,3)41-32-34-64-60(35-41)69-67-54-30-18-17-26-50(54)46-22-10-9-21-45(46)49-25-13-16-29-53(49)58(67)38-62-68-66(76(64)72(62)69)40-59-57-37-55-51-27-14-11-23-47(51)43-19-7-8-20-44(43)48-24-12-15-28-52(48)56(55)39-65(57)75-63-33-31-42(74(4,5)6)36-61(63)70(68)71(59)75/h7-40H,1-6H3. The van der Waals surface area contributed by atoms with Gasteiger partial charge in [-0.3, -0.25) is 0 Å². The maximum atomic E-state index is 2.67. The fourth-order valence-electron chi connectivity index (χ4n) is 14.3. The van der Waals surface area contributed by atoms with Crippen LogP contribution in [0.3, 0.4) is 0 Å². The first kappa shape index (κ1) is 42.4. The summed E-state index contributed by atoms with van der Waals surface area (Å²) in [6.45, 7) is 14.1. The molecule has 2 heteroatoms. The zero-order chi connectivity index (χ0) is 50.7. The molecule has 0 saturated heterocycles. The van der Waals surface area contributed by atoms with Crippen molar-refractivity contribution >= 4 is 76.2 Å². The molecule has 358 valence electrons. The molecule has 17 rings (SSSR count). The summed E-state index contributed by atoms with van der Waals surface area (Å²) < 4.78 is 5.31. The summed E-state index contributed by atoms with van der Waals surface area (Å²) in [5.41, 5.74) is 30.4. The Morgan fingerprint density at radius 1 is 0.237 bits per heavy atom. The van der Waals surface area contributed by atoms with Crippen LogP contribution in [-0.4, -0.2) is 8.80 Å². The van der Waals surface area contributed by atoms with Gasteiger partial charge in [-0.2, -0.15) is 0 Å². The monoisotopic (exact) mass is 968 g/mol. The van der Waals surface area contributed by atoms with Gasteiger partial charge in [0.05, 0.1) is 33.1 Å². The molecule has 4 aromatic heterocycles. The minimum atomic E-state index is -0.0515. The van der Waals surface area contributed by atoms with Crippen molar-refractivity contribution in [3.63, 3.8) is 0 Å². The molecule has 2 aliphatic rings. The van der Waals surface area contributed by atoms with Crippen LogP contribution in [0.5, 0.6) is 0 Å². The van der Waals surface area contributed by atoms with Gasteiger partial charge in [0.25, 0.3) is 0 Å². The summed E-state index contributed by atoms with van der Waals surface area (Å²) in [6.07, 6.45) is 0. The van der Waals surface area contributed by atoms with Crippen LogP contribution in [0.15, 0.2) is 206 Å². The van der Waals surface area contributed by atoms with E-state index in [1.54, 1.807) is 0 Å². The molecular formula is C74H52N2. The lowest BCUT2D eigenvalue weighted by molar-refractivity contribution is 0.591. The van der Waals surface area contributed by atoms with Crippen molar-refractivity contribution in [2.75, 3.05) is 0 Å². The summed E-state index contributed by atoms with van der Waals surface area (Å²) >= 11 is 0. The summed E-state index contributed by atoms with van der Waals surface area (Å²) in [5.74, 6) is 0. The topological polar surface area (TPSA) is 8.82 Å². The van der Waals surface area contributed by atoms with E-state index >= 15 is 0 Å². The summed E-state index contributed by atoms with van der Waals surface area (Å²) in [4.78, 5) is 0. The van der Waals surface area contributed by atoms with Gasteiger partial charge in [0, 0.05) is 48.7 Å². The zero-order valence-corrected chi connectivity index (χ0v) is 43.5. The van der Waals surface area contributed by atoms with E-state index in [1.807, 2.05) is 0 Å². The molecule has 0 fully saturated rings. The van der Waals surface area contributed by atoms with Gasteiger partial charge in [0.15, 0.2) is 0 Å². The number of nitrogens with zero attached hydrogens (tertiary/aromatic N) is 2. The van der Waals surface area contributed by atoms with Crippen molar-refractivity contribution in [1.29, 1.82) is 0 Å². The normalized spacial score (nSPS) is 13.1. The van der Waals surface area contributed by atoms with Crippen LogP contribution in [0.2, 0.25) is 0 Å². The second-order valence-corrected chi connectivity index (χ2v) is 23.9. The summed E-state index contributed by atoms with van der Waals surface area (Å²) in [7, 11) is 0. The Kier molecular flexibility index (Phi) is 8.05. The van der Waals surface area contributed by atoms with Crippen LogP contribution >= 0.6 is 0 Å². The molecule has 15 aromatic rings. The highest BCUT2D eigenvalue weighted by Gasteiger charge is 2.33. The minimum absolute atomic E-state index is 0.0489. The molecule has 0 amide bonds. The third kappa shape index (κ3) is 5.36. The van der Waals surface area contributed by atoms with E-state index in [2.05, 4.69) is 257 Å². The fraction of sp³-hybridized carbons (Fsp3) is 0.108. The number of aromatic nitrogens is 2. The average molecular weight is 969 g/mol. The van der Waals surface area contributed by atoms with Crippen LogP contribution < -0.4 is 0 Å². The molecule has 0 N–H and O–H groups in total. The van der Waals surface area contributed by atoms with Crippen molar-refractivity contribution in [3.05, 3.63) is 217 Å². The Labute approximate surface area is 441 Å². The van der Waals surface area contributed by atoms with Gasteiger partial charge in [-0.25, -0.2) is 0 Å². The molecule has 0 bridgehead atoms. The van der Waals surface area contributed by atoms with Crippen molar-refractivity contribution in [2.45, 2.75) is 52.4 Å². The number of benzene rings is 11. The predicted molar refractivity (Wildman–Crippen MR) is 324 cm³/mol. The molecule has 0 saturated carbocycles. The molecule has 76 heavy (non-hydrogen) atoms. The van der Waals surface area contributed by atoms with Crippen LogP contribution in [0.1, 0.15) is 52.7 Å². The SMILES string of the molecule is CC(C)(C)c1ccc2c(c1)c1c3c(cc4c5c6c7cc(C(C)(C)C)ccc7n7c8cc9c(cc8c(cc5n2c41)c67)-c1ccccc1-c1ccccc1-c1ccccc1-9)-c1ccccc1-c1ccccc1-c1ccccc1-3. The first-order valence-electron chi connectivity index (χ1n) is 27.1. The van der Waals surface area contributed by atoms with E-state index in [4.69, 9.17) is 0 Å². The summed E-state index contributed by atoms with van der Waals surface area (Å²) in [6, 6.07) is 79.5. The van der Waals surface area contributed by atoms with Crippen LogP contribution in [0, 0.1) is 0 Å². The van der Waals surface area contributed by atoms with Crippen molar-refractivity contribution < 1.29 is 0 Å². The lowest BCUT2D eigenvalue weighted by Crippen LogP contribution is -2.10. The fourth-order valence-corrected chi connectivity index (χ4v) is 14.3. The molecular weight excluding hydrogens is 917 g/mol. The zero-order valence-electron chi connectivity index (χ0n) is 43.5. The Hall–Kier alpha value is -8.98. The smallest absolute Gasteiger partial charge is 0.0628 e.